The van der Waals surface area contributed by atoms with E-state index in [0.29, 0.717) is 12.5 Å². The first kappa shape index (κ1) is 13.6. The quantitative estimate of drug-likeness (QED) is 0.888. The van der Waals surface area contributed by atoms with E-state index in [-0.39, 0.29) is 16.6 Å². The molecular weight excluding hydrogens is 280 g/mol. The molecule has 1 aromatic heterocycles. The molecule has 0 bridgehead atoms. The van der Waals surface area contributed by atoms with Crippen LogP contribution in [-0.2, 0) is 10.0 Å². The summed E-state index contributed by atoms with van der Waals surface area (Å²) in [5.74, 6) is -0.680. The molecule has 1 aliphatic heterocycles. The maximum Gasteiger partial charge on any atom is 0.352 e. The van der Waals surface area contributed by atoms with Gasteiger partial charge in [0.15, 0.2) is 0 Å². The van der Waals surface area contributed by atoms with Gasteiger partial charge in [0, 0.05) is 18.8 Å². The number of hydrogen-bond acceptors (Lipinski definition) is 3. The van der Waals surface area contributed by atoms with Gasteiger partial charge in [-0.2, -0.15) is 4.31 Å². The summed E-state index contributed by atoms with van der Waals surface area (Å²) in [7, 11) is -3.59. The number of hydrogen-bond donors (Lipinski definition) is 2. The fourth-order valence-electron chi connectivity index (χ4n) is 3.49. The topological polar surface area (TPSA) is 90.5 Å². The molecule has 2 aliphatic rings. The number of sulfonamides is 1. The summed E-state index contributed by atoms with van der Waals surface area (Å²) in [6, 6.07) is 1.30. The van der Waals surface area contributed by atoms with Crippen LogP contribution in [0.2, 0.25) is 0 Å². The minimum atomic E-state index is -3.59. The fraction of sp³-hybridized carbons (Fsp3) is 0.615. The molecule has 6 nitrogen and oxygen atoms in total. The van der Waals surface area contributed by atoms with Gasteiger partial charge < -0.3 is 10.1 Å². The van der Waals surface area contributed by atoms with Gasteiger partial charge in [-0.1, -0.05) is 6.42 Å². The van der Waals surface area contributed by atoms with Crippen molar-refractivity contribution in [3.8, 4) is 0 Å². The lowest BCUT2D eigenvalue weighted by atomic mass is 9.94. The van der Waals surface area contributed by atoms with Gasteiger partial charge in [-0.15, -0.1) is 0 Å². The van der Waals surface area contributed by atoms with Crippen LogP contribution in [0.5, 0.6) is 0 Å². The number of nitrogens with zero attached hydrogens (tertiary/aromatic N) is 1. The Morgan fingerprint density at radius 3 is 2.75 bits per heavy atom. The van der Waals surface area contributed by atoms with Crippen LogP contribution in [-0.4, -0.2) is 41.4 Å². The lowest BCUT2D eigenvalue weighted by Crippen LogP contribution is -2.45. The van der Waals surface area contributed by atoms with Crippen molar-refractivity contribution >= 4 is 16.0 Å². The molecule has 1 saturated carbocycles. The molecule has 1 aromatic rings. The second kappa shape index (κ2) is 4.89. The minimum absolute atomic E-state index is 0.0578. The van der Waals surface area contributed by atoms with Crippen molar-refractivity contribution < 1.29 is 18.3 Å². The van der Waals surface area contributed by atoms with Gasteiger partial charge in [0.2, 0.25) is 10.0 Å². The largest absolute Gasteiger partial charge is 0.477 e. The molecule has 1 aliphatic carbocycles. The Morgan fingerprint density at radius 2 is 2.05 bits per heavy atom. The third-order valence-electron chi connectivity index (χ3n) is 4.44. The van der Waals surface area contributed by atoms with Crippen LogP contribution in [0.3, 0.4) is 0 Å². The number of piperidine rings is 1. The molecule has 2 fully saturated rings. The highest BCUT2D eigenvalue weighted by Crippen LogP contribution is 2.39. The third-order valence-corrected chi connectivity index (χ3v) is 6.34. The smallest absolute Gasteiger partial charge is 0.352 e. The summed E-state index contributed by atoms with van der Waals surface area (Å²) < 4.78 is 26.9. The monoisotopic (exact) mass is 298 g/mol. The second-order valence-corrected chi connectivity index (χ2v) is 7.46. The first-order valence-corrected chi connectivity index (χ1v) is 8.38. The zero-order valence-electron chi connectivity index (χ0n) is 11.1. The molecule has 1 saturated heterocycles. The van der Waals surface area contributed by atoms with E-state index in [0.717, 1.165) is 32.1 Å². The number of carboxylic acids is 1. The summed E-state index contributed by atoms with van der Waals surface area (Å²) in [5.41, 5.74) is -0.0939. The Kier molecular flexibility index (Phi) is 3.33. The van der Waals surface area contributed by atoms with Crippen molar-refractivity contribution in [3.63, 3.8) is 0 Å². The third kappa shape index (κ3) is 2.14. The van der Waals surface area contributed by atoms with Crippen molar-refractivity contribution in [2.45, 2.75) is 43.0 Å². The molecule has 7 heteroatoms. The summed E-state index contributed by atoms with van der Waals surface area (Å²) in [6.07, 6.45) is 6.36. The Bertz CT molecular complexity index is 622. The molecule has 110 valence electrons. The van der Waals surface area contributed by atoms with E-state index in [1.54, 1.807) is 4.31 Å². The van der Waals surface area contributed by atoms with Crippen LogP contribution in [0.1, 0.15) is 42.6 Å². The van der Waals surface area contributed by atoms with E-state index in [2.05, 4.69) is 4.98 Å². The average Bonchev–Trinajstić information content (AvgIpc) is 3.07. The van der Waals surface area contributed by atoms with Crippen LogP contribution in [0.15, 0.2) is 17.2 Å². The predicted molar refractivity (Wildman–Crippen MR) is 72.0 cm³/mol. The minimum Gasteiger partial charge on any atom is -0.477 e. The first-order chi connectivity index (χ1) is 9.50. The molecule has 0 amide bonds. The van der Waals surface area contributed by atoms with Crippen molar-refractivity contribution in [1.82, 2.24) is 9.29 Å². The maximum absolute atomic E-state index is 12.7. The van der Waals surface area contributed by atoms with Gasteiger partial charge in [-0.25, -0.2) is 13.2 Å². The highest BCUT2D eigenvalue weighted by molar-refractivity contribution is 7.89. The van der Waals surface area contributed by atoms with E-state index in [1.165, 1.54) is 12.3 Å². The van der Waals surface area contributed by atoms with Gasteiger partial charge in [0.05, 0.1) is 0 Å². The average molecular weight is 298 g/mol. The number of aromatic nitrogens is 1. The van der Waals surface area contributed by atoms with Crippen LogP contribution < -0.4 is 0 Å². The summed E-state index contributed by atoms with van der Waals surface area (Å²) in [5, 5.41) is 8.88. The SMILES string of the molecule is O=C(O)c1cc(S(=O)(=O)N2CCCC3CCCC32)c[nH]1. The molecule has 0 aromatic carbocycles. The van der Waals surface area contributed by atoms with Crippen LogP contribution in [0.4, 0.5) is 0 Å². The van der Waals surface area contributed by atoms with Gasteiger partial charge in [0.25, 0.3) is 0 Å². The van der Waals surface area contributed by atoms with Crippen molar-refractivity contribution in [3.05, 3.63) is 18.0 Å². The number of fused-ring (bicyclic) bond motifs is 1. The Hall–Kier alpha value is -1.34. The molecule has 0 radical (unpaired) electrons. The fourth-order valence-corrected chi connectivity index (χ4v) is 5.24. The molecule has 3 rings (SSSR count). The number of carboxylic acid groups (broad SMARTS) is 1. The number of rotatable bonds is 3. The van der Waals surface area contributed by atoms with Crippen LogP contribution >= 0.6 is 0 Å². The highest BCUT2D eigenvalue weighted by Gasteiger charge is 2.41. The van der Waals surface area contributed by atoms with Crippen molar-refractivity contribution in [1.29, 1.82) is 0 Å². The van der Waals surface area contributed by atoms with E-state index in [4.69, 9.17) is 5.11 Å². The second-order valence-electron chi connectivity index (χ2n) is 5.57. The summed E-state index contributed by atoms with van der Waals surface area (Å²) in [4.78, 5) is 13.4. The molecule has 2 unspecified atom stereocenters. The lowest BCUT2D eigenvalue weighted by molar-refractivity contribution is 0.0691. The highest BCUT2D eigenvalue weighted by atomic mass is 32.2. The van der Waals surface area contributed by atoms with E-state index < -0.39 is 16.0 Å². The molecule has 20 heavy (non-hydrogen) atoms. The zero-order valence-corrected chi connectivity index (χ0v) is 11.9. The Labute approximate surface area is 117 Å². The normalized spacial score (nSPS) is 27.4. The van der Waals surface area contributed by atoms with Gasteiger partial charge in [-0.3, -0.25) is 0 Å². The Balaban J connectivity index is 1.92. The van der Waals surface area contributed by atoms with Crippen molar-refractivity contribution in [2.24, 2.45) is 5.92 Å². The van der Waals surface area contributed by atoms with Crippen LogP contribution in [0, 0.1) is 5.92 Å². The Morgan fingerprint density at radius 1 is 1.30 bits per heavy atom. The zero-order chi connectivity index (χ0) is 14.3. The number of H-pyrrole nitrogens is 1. The number of carbonyl (C=O) groups is 1. The lowest BCUT2D eigenvalue weighted by Gasteiger charge is -2.36. The van der Waals surface area contributed by atoms with Crippen LogP contribution in [0.25, 0.3) is 0 Å². The summed E-state index contributed by atoms with van der Waals surface area (Å²) >= 11 is 0. The standard InChI is InChI=1S/C13H18N2O4S/c16-13(17)11-7-10(8-14-11)20(18,19)15-6-2-4-9-3-1-5-12(9)15/h7-9,12,14H,1-6H2,(H,16,17). The maximum atomic E-state index is 12.7. The van der Waals surface area contributed by atoms with Crippen molar-refractivity contribution in [2.75, 3.05) is 6.54 Å². The van der Waals surface area contributed by atoms with Gasteiger partial charge in [0.1, 0.15) is 10.6 Å². The van der Waals surface area contributed by atoms with E-state index in [1.807, 2.05) is 0 Å². The molecule has 2 N–H and O–H groups in total. The van der Waals surface area contributed by atoms with E-state index in [9.17, 15) is 13.2 Å². The van der Waals surface area contributed by atoms with Gasteiger partial charge >= 0.3 is 5.97 Å². The molecule has 0 spiro atoms. The van der Waals surface area contributed by atoms with Gasteiger partial charge in [-0.05, 0) is 37.7 Å². The molecule has 2 heterocycles. The number of aromatic amines is 1. The summed E-state index contributed by atoms with van der Waals surface area (Å²) in [6.45, 7) is 0.539. The van der Waals surface area contributed by atoms with E-state index >= 15 is 0 Å². The number of nitrogens with one attached hydrogen (secondary N) is 1. The first-order valence-electron chi connectivity index (χ1n) is 6.93. The molecule has 2 atom stereocenters. The molecular formula is C13H18N2O4S. The number of aromatic carboxylic acids is 1. The predicted octanol–water partition coefficient (Wildman–Crippen LogP) is 1.67.